The maximum atomic E-state index is 6.39. The lowest BCUT2D eigenvalue weighted by Gasteiger charge is -2.34. The molecule has 1 atom stereocenters. The van der Waals surface area contributed by atoms with E-state index in [9.17, 15) is 0 Å². The molecule has 2 aromatic rings. The fraction of sp³-hybridized carbons (Fsp3) is 0.364. The van der Waals surface area contributed by atoms with Crippen molar-refractivity contribution < 1.29 is 18.9 Å². The summed E-state index contributed by atoms with van der Waals surface area (Å²) in [4.78, 5) is 0. The molecule has 1 saturated heterocycles. The van der Waals surface area contributed by atoms with Gasteiger partial charge in [-0.3, -0.25) is 0 Å². The molecule has 27 heavy (non-hydrogen) atoms. The second-order valence-corrected chi connectivity index (χ2v) is 6.96. The van der Waals surface area contributed by atoms with Crippen LogP contribution >= 0.6 is 0 Å². The molecule has 2 aromatic carbocycles. The molecule has 2 aliphatic rings. The zero-order valence-corrected chi connectivity index (χ0v) is 15.8. The van der Waals surface area contributed by atoms with Crippen molar-refractivity contribution in [2.75, 3.05) is 34.1 Å². The van der Waals surface area contributed by atoms with E-state index in [2.05, 4.69) is 29.6 Å². The molecule has 5 nitrogen and oxygen atoms in total. The van der Waals surface area contributed by atoms with Crippen molar-refractivity contribution in [2.45, 2.75) is 18.6 Å². The van der Waals surface area contributed by atoms with Gasteiger partial charge in [0.2, 0.25) is 0 Å². The summed E-state index contributed by atoms with van der Waals surface area (Å²) in [5.74, 6) is 1.70. The summed E-state index contributed by atoms with van der Waals surface area (Å²) in [7, 11) is 3.32. The van der Waals surface area contributed by atoms with Crippen molar-refractivity contribution in [1.29, 1.82) is 0 Å². The Morgan fingerprint density at radius 1 is 1.07 bits per heavy atom. The average molecular weight is 367 g/mol. The van der Waals surface area contributed by atoms with Crippen molar-refractivity contribution in [2.24, 2.45) is 0 Å². The van der Waals surface area contributed by atoms with Gasteiger partial charge in [-0.15, -0.1) is 0 Å². The van der Waals surface area contributed by atoms with Crippen LogP contribution in [0.1, 0.15) is 23.1 Å². The fourth-order valence-corrected chi connectivity index (χ4v) is 3.78. The van der Waals surface area contributed by atoms with Crippen molar-refractivity contribution in [3.05, 3.63) is 65.2 Å². The highest BCUT2D eigenvalue weighted by molar-refractivity contribution is 5.87. The summed E-state index contributed by atoms with van der Waals surface area (Å²) < 4.78 is 22.7. The van der Waals surface area contributed by atoms with Crippen LogP contribution in [-0.2, 0) is 16.1 Å². The molecule has 0 amide bonds. The van der Waals surface area contributed by atoms with E-state index in [4.69, 9.17) is 18.9 Å². The molecule has 5 heteroatoms. The third-order valence-corrected chi connectivity index (χ3v) is 5.03. The zero-order valence-electron chi connectivity index (χ0n) is 15.8. The molecule has 4 rings (SSSR count). The molecule has 2 aliphatic heterocycles. The van der Waals surface area contributed by atoms with Crippen LogP contribution in [-0.4, -0.2) is 39.7 Å². The lowest BCUT2D eigenvalue weighted by atomic mass is 9.87. The molecule has 0 aliphatic carbocycles. The summed E-state index contributed by atoms with van der Waals surface area (Å²) in [5, 5.41) is 3.42. The van der Waals surface area contributed by atoms with E-state index < -0.39 is 0 Å². The van der Waals surface area contributed by atoms with Crippen LogP contribution in [0, 0.1) is 0 Å². The Morgan fingerprint density at radius 3 is 2.74 bits per heavy atom. The first-order valence-electron chi connectivity index (χ1n) is 9.21. The molecule has 0 bridgehead atoms. The second-order valence-electron chi connectivity index (χ2n) is 6.96. The minimum Gasteiger partial charge on any atom is -0.481 e. The highest BCUT2D eigenvalue weighted by Crippen LogP contribution is 2.43. The van der Waals surface area contributed by atoms with Gasteiger partial charge in [-0.25, -0.2) is 0 Å². The van der Waals surface area contributed by atoms with Crippen molar-refractivity contribution in [3.63, 3.8) is 0 Å². The molecule has 0 radical (unpaired) electrons. The second kappa shape index (κ2) is 7.72. The number of fused-ring (bicyclic) bond motifs is 1. The third kappa shape index (κ3) is 3.58. The largest absolute Gasteiger partial charge is 0.481 e. The highest BCUT2D eigenvalue weighted by atomic mass is 16.7. The van der Waals surface area contributed by atoms with E-state index in [1.807, 2.05) is 24.3 Å². The summed E-state index contributed by atoms with van der Waals surface area (Å²) >= 11 is 0. The van der Waals surface area contributed by atoms with Crippen LogP contribution in [0.4, 0.5) is 0 Å². The van der Waals surface area contributed by atoms with Gasteiger partial charge in [0, 0.05) is 38.3 Å². The smallest absolute Gasteiger partial charge is 0.188 e. The van der Waals surface area contributed by atoms with Gasteiger partial charge < -0.3 is 24.3 Å². The summed E-state index contributed by atoms with van der Waals surface area (Å²) in [5.41, 5.74) is 4.00. The van der Waals surface area contributed by atoms with E-state index >= 15 is 0 Å². The quantitative estimate of drug-likeness (QED) is 0.794. The van der Waals surface area contributed by atoms with Crippen LogP contribution in [0.3, 0.4) is 0 Å². The van der Waals surface area contributed by atoms with E-state index in [0.29, 0.717) is 6.61 Å². The van der Waals surface area contributed by atoms with Gasteiger partial charge in [0.15, 0.2) is 6.79 Å². The monoisotopic (exact) mass is 367 g/mol. The van der Waals surface area contributed by atoms with Crippen LogP contribution in [0.2, 0.25) is 0 Å². The number of hydrogen-bond donors (Lipinski definition) is 1. The zero-order chi connectivity index (χ0) is 18.7. The Morgan fingerprint density at radius 2 is 1.96 bits per heavy atom. The molecule has 1 N–H and O–H groups in total. The molecule has 1 unspecified atom stereocenters. The Hall–Kier alpha value is -2.34. The molecule has 0 aromatic heterocycles. The first-order chi connectivity index (χ1) is 13.2. The van der Waals surface area contributed by atoms with Crippen LogP contribution in [0.25, 0.3) is 5.57 Å². The number of para-hydroxylation sites is 1. The minimum absolute atomic E-state index is 0.196. The number of methoxy groups -OCH3 is 2. The molecular formula is C22H25NO4. The average Bonchev–Trinajstić information content (AvgIpc) is 3.13. The van der Waals surface area contributed by atoms with Crippen LogP contribution < -0.4 is 14.8 Å². The van der Waals surface area contributed by atoms with Crippen molar-refractivity contribution in [3.8, 4) is 11.5 Å². The first-order valence-corrected chi connectivity index (χ1v) is 9.21. The Bertz CT molecular complexity index is 840. The molecular weight excluding hydrogens is 342 g/mol. The Kier molecular flexibility index (Phi) is 5.16. The van der Waals surface area contributed by atoms with Gasteiger partial charge in [0.25, 0.3) is 0 Å². The fourth-order valence-electron chi connectivity index (χ4n) is 3.78. The molecule has 142 valence electrons. The van der Waals surface area contributed by atoms with Crippen LogP contribution in [0.5, 0.6) is 11.5 Å². The maximum Gasteiger partial charge on any atom is 0.188 e. The Labute approximate surface area is 159 Å². The van der Waals surface area contributed by atoms with Gasteiger partial charge in [-0.05, 0) is 35.9 Å². The van der Waals surface area contributed by atoms with E-state index in [1.54, 1.807) is 14.2 Å². The van der Waals surface area contributed by atoms with Gasteiger partial charge in [-0.1, -0.05) is 30.3 Å². The molecule has 1 spiro atoms. The van der Waals surface area contributed by atoms with Gasteiger partial charge in [0.1, 0.15) is 17.1 Å². The number of benzene rings is 2. The summed E-state index contributed by atoms with van der Waals surface area (Å²) in [6.07, 6.45) is 3.20. The Balaban J connectivity index is 1.83. The third-order valence-electron chi connectivity index (χ3n) is 5.03. The standard InChI is InChI=1S/C22H25NO4/c1-24-13-16-7-8-18(21(11-16)26-15-25-2)19-12-22(9-10-23-14-22)27-20-6-4-3-5-17(19)20/h3-8,11-12,23H,9-10,13-15H2,1-2H3. The number of nitrogens with one attached hydrogen (secondary N) is 1. The maximum absolute atomic E-state index is 6.39. The number of rotatable bonds is 6. The summed E-state index contributed by atoms with van der Waals surface area (Å²) in [6.45, 7) is 2.49. The number of ether oxygens (including phenoxy) is 4. The topological polar surface area (TPSA) is 49.0 Å². The summed E-state index contributed by atoms with van der Waals surface area (Å²) in [6, 6.07) is 14.4. The van der Waals surface area contributed by atoms with E-state index in [-0.39, 0.29) is 12.4 Å². The van der Waals surface area contributed by atoms with Gasteiger partial charge in [0.05, 0.1) is 6.61 Å². The van der Waals surface area contributed by atoms with Crippen molar-refractivity contribution in [1.82, 2.24) is 5.32 Å². The molecule has 2 heterocycles. The lowest BCUT2D eigenvalue weighted by molar-refractivity contribution is 0.0507. The molecule has 1 fully saturated rings. The van der Waals surface area contributed by atoms with E-state index in [1.165, 1.54) is 0 Å². The number of hydrogen-bond acceptors (Lipinski definition) is 5. The molecule has 0 saturated carbocycles. The predicted octanol–water partition coefficient (Wildman–Crippen LogP) is 3.37. The minimum atomic E-state index is -0.312. The van der Waals surface area contributed by atoms with Crippen molar-refractivity contribution >= 4 is 5.57 Å². The lowest BCUT2D eigenvalue weighted by Crippen LogP contribution is -2.38. The van der Waals surface area contributed by atoms with Gasteiger partial charge in [-0.2, -0.15) is 0 Å². The first kappa shape index (κ1) is 18.0. The predicted molar refractivity (Wildman–Crippen MR) is 104 cm³/mol. The van der Waals surface area contributed by atoms with Crippen LogP contribution in [0.15, 0.2) is 48.5 Å². The van der Waals surface area contributed by atoms with Gasteiger partial charge >= 0.3 is 0 Å². The SMILES string of the molecule is COCOc1cc(COC)ccc1C1=CC2(CCNC2)Oc2ccccc21. The van der Waals surface area contributed by atoms with E-state index in [0.717, 1.165) is 53.3 Å². The normalized spacial score (nSPS) is 20.9. The highest BCUT2D eigenvalue weighted by Gasteiger charge is 2.38.